The van der Waals surface area contributed by atoms with Crippen LogP contribution in [0.5, 0.6) is 0 Å². The Morgan fingerprint density at radius 2 is 2.22 bits per heavy atom. The van der Waals surface area contributed by atoms with Gasteiger partial charge in [-0.2, -0.15) is 0 Å². The maximum atomic E-state index is 10.8. The van der Waals surface area contributed by atoms with Crippen molar-refractivity contribution in [1.82, 2.24) is 4.98 Å². The Morgan fingerprint density at radius 1 is 1.39 bits per heavy atom. The van der Waals surface area contributed by atoms with Crippen molar-refractivity contribution in [2.45, 2.75) is 12.5 Å². The zero-order chi connectivity index (χ0) is 12.5. The largest absolute Gasteiger partial charge is 0.478 e. The summed E-state index contributed by atoms with van der Waals surface area (Å²) in [5.41, 5.74) is 2.33. The van der Waals surface area contributed by atoms with E-state index in [1.807, 2.05) is 30.3 Å². The number of pyridine rings is 1. The number of nitrogens with zero attached hydrogens (tertiary/aromatic N) is 2. The van der Waals surface area contributed by atoms with E-state index in [4.69, 9.17) is 9.94 Å². The molecule has 18 heavy (non-hydrogen) atoms. The van der Waals surface area contributed by atoms with E-state index < -0.39 is 12.1 Å². The van der Waals surface area contributed by atoms with Crippen LogP contribution in [0.1, 0.15) is 12.0 Å². The number of para-hydroxylation sites is 1. The predicted molar refractivity (Wildman–Crippen MR) is 65.4 cm³/mol. The zero-order valence-electron chi connectivity index (χ0n) is 9.41. The lowest BCUT2D eigenvalue weighted by molar-refractivity contribution is -0.148. The molecule has 0 fully saturated rings. The normalized spacial score (nSPS) is 18.4. The highest BCUT2D eigenvalue weighted by Gasteiger charge is 2.28. The molecule has 2 aromatic rings. The highest BCUT2D eigenvalue weighted by molar-refractivity contribution is 6.04. The molecule has 2 heterocycles. The summed E-state index contributed by atoms with van der Waals surface area (Å²) in [5.74, 6) is -0.998. The highest BCUT2D eigenvalue weighted by Crippen LogP contribution is 2.19. The first kappa shape index (κ1) is 10.7. The van der Waals surface area contributed by atoms with Crippen LogP contribution in [0.15, 0.2) is 41.7 Å². The van der Waals surface area contributed by atoms with Crippen molar-refractivity contribution in [3.05, 3.63) is 42.1 Å². The van der Waals surface area contributed by atoms with Crippen LogP contribution < -0.4 is 0 Å². The number of carboxylic acids is 1. The minimum absolute atomic E-state index is 0.273. The smallest absolute Gasteiger partial charge is 0.348 e. The molecule has 3 rings (SSSR count). The first-order valence-electron chi connectivity index (χ1n) is 5.55. The number of aromatic nitrogens is 1. The van der Waals surface area contributed by atoms with E-state index in [0.29, 0.717) is 5.71 Å². The van der Waals surface area contributed by atoms with Crippen molar-refractivity contribution in [3.63, 3.8) is 0 Å². The third-order valence-electron chi connectivity index (χ3n) is 2.87. The van der Waals surface area contributed by atoms with Gasteiger partial charge in [0.2, 0.25) is 6.10 Å². The van der Waals surface area contributed by atoms with E-state index in [0.717, 1.165) is 16.5 Å². The highest BCUT2D eigenvalue weighted by atomic mass is 16.7. The molecule has 0 spiro atoms. The molecule has 0 saturated carbocycles. The summed E-state index contributed by atoms with van der Waals surface area (Å²) in [5, 5.41) is 13.6. The number of fused-ring (bicyclic) bond motifs is 1. The third kappa shape index (κ3) is 1.79. The number of hydrogen-bond donors (Lipinski definition) is 1. The molecule has 5 heteroatoms. The second-order valence-electron chi connectivity index (χ2n) is 4.09. The molecule has 1 atom stereocenters. The summed E-state index contributed by atoms with van der Waals surface area (Å²) in [6.45, 7) is 0. The fraction of sp³-hybridized carbons (Fsp3) is 0.154. The molecular weight excluding hydrogens is 232 g/mol. The molecule has 1 aromatic carbocycles. The Morgan fingerprint density at radius 3 is 3.00 bits per heavy atom. The molecule has 1 aromatic heterocycles. The summed E-state index contributed by atoms with van der Waals surface area (Å²) >= 11 is 0. The molecule has 1 unspecified atom stereocenters. The monoisotopic (exact) mass is 242 g/mol. The number of benzene rings is 1. The molecule has 0 saturated heterocycles. The minimum atomic E-state index is -0.998. The average Bonchev–Trinajstić information content (AvgIpc) is 2.88. The first-order chi connectivity index (χ1) is 8.74. The molecular formula is C13H10N2O3. The fourth-order valence-electron chi connectivity index (χ4n) is 1.91. The number of aliphatic carboxylic acids is 1. The Kier molecular flexibility index (Phi) is 2.44. The van der Waals surface area contributed by atoms with Crippen molar-refractivity contribution in [2.24, 2.45) is 5.16 Å². The van der Waals surface area contributed by atoms with Crippen molar-refractivity contribution < 1.29 is 14.7 Å². The molecule has 0 radical (unpaired) electrons. The standard InChI is InChI=1S/C13H10N2O3/c16-13(17)12-6-11(15-18-12)9-5-8-3-1-2-4-10(8)14-7-9/h1-5,7,12H,6H2,(H,16,17). The molecule has 0 amide bonds. The number of carboxylic acid groups (broad SMARTS) is 1. The van der Waals surface area contributed by atoms with Crippen LogP contribution in [0, 0.1) is 0 Å². The zero-order valence-corrected chi connectivity index (χ0v) is 9.41. The maximum absolute atomic E-state index is 10.8. The van der Waals surface area contributed by atoms with Crippen LogP contribution in [-0.2, 0) is 9.63 Å². The minimum Gasteiger partial charge on any atom is -0.478 e. The predicted octanol–water partition coefficient (Wildman–Crippen LogP) is 1.81. The molecule has 5 nitrogen and oxygen atoms in total. The lowest BCUT2D eigenvalue weighted by atomic mass is 10.0. The van der Waals surface area contributed by atoms with E-state index in [2.05, 4.69) is 10.1 Å². The van der Waals surface area contributed by atoms with Gasteiger partial charge in [-0.1, -0.05) is 23.4 Å². The van der Waals surface area contributed by atoms with Gasteiger partial charge < -0.3 is 9.94 Å². The van der Waals surface area contributed by atoms with Gasteiger partial charge in [0, 0.05) is 23.6 Å². The Labute approximate surface area is 103 Å². The molecule has 1 aliphatic heterocycles. The first-order valence-corrected chi connectivity index (χ1v) is 5.55. The molecule has 90 valence electrons. The second kappa shape index (κ2) is 4.10. The lowest BCUT2D eigenvalue weighted by Crippen LogP contribution is -2.19. The SMILES string of the molecule is O=C(O)C1CC(c2cnc3ccccc3c2)=NO1. The summed E-state index contributed by atoms with van der Waals surface area (Å²) in [7, 11) is 0. The van der Waals surface area contributed by atoms with Gasteiger partial charge >= 0.3 is 5.97 Å². The van der Waals surface area contributed by atoms with Gasteiger partial charge in [0.15, 0.2) is 0 Å². The second-order valence-corrected chi connectivity index (χ2v) is 4.09. The summed E-state index contributed by atoms with van der Waals surface area (Å²) in [6, 6.07) is 9.67. The van der Waals surface area contributed by atoms with Gasteiger partial charge in [0.25, 0.3) is 0 Å². The van der Waals surface area contributed by atoms with E-state index in [9.17, 15) is 4.79 Å². The molecule has 0 bridgehead atoms. The van der Waals surface area contributed by atoms with E-state index >= 15 is 0 Å². The van der Waals surface area contributed by atoms with Gasteiger partial charge in [-0.25, -0.2) is 4.79 Å². The summed E-state index contributed by atoms with van der Waals surface area (Å²) in [4.78, 5) is 19.9. The fourth-order valence-corrected chi connectivity index (χ4v) is 1.91. The summed E-state index contributed by atoms with van der Waals surface area (Å²) in [6.07, 6.45) is 1.08. The van der Waals surface area contributed by atoms with Crippen LogP contribution in [0.2, 0.25) is 0 Å². The van der Waals surface area contributed by atoms with Crippen LogP contribution >= 0.6 is 0 Å². The topological polar surface area (TPSA) is 71.8 Å². The average molecular weight is 242 g/mol. The Hall–Kier alpha value is -2.43. The Bertz CT molecular complexity index is 651. The van der Waals surface area contributed by atoms with Crippen LogP contribution in [0.25, 0.3) is 10.9 Å². The van der Waals surface area contributed by atoms with Crippen molar-refractivity contribution in [1.29, 1.82) is 0 Å². The number of oxime groups is 1. The van der Waals surface area contributed by atoms with Crippen LogP contribution in [0.4, 0.5) is 0 Å². The van der Waals surface area contributed by atoms with Gasteiger partial charge in [-0.05, 0) is 12.1 Å². The van der Waals surface area contributed by atoms with Crippen LogP contribution in [0.3, 0.4) is 0 Å². The molecule has 0 aliphatic carbocycles. The Balaban J connectivity index is 1.94. The van der Waals surface area contributed by atoms with E-state index in [-0.39, 0.29) is 6.42 Å². The number of rotatable bonds is 2. The van der Waals surface area contributed by atoms with Crippen LogP contribution in [-0.4, -0.2) is 27.9 Å². The van der Waals surface area contributed by atoms with Crippen molar-refractivity contribution in [2.75, 3.05) is 0 Å². The van der Waals surface area contributed by atoms with Gasteiger partial charge in [-0.3, -0.25) is 4.98 Å². The van der Waals surface area contributed by atoms with Gasteiger partial charge in [-0.15, -0.1) is 0 Å². The van der Waals surface area contributed by atoms with E-state index in [1.54, 1.807) is 6.20 Å². The molecule has 1 N–H and O–H groups in total. The molecule has 1 aliphatic rings. The summed E-state index contributed by atoms with van der Waals surface area (Å²) < 4.78 is 0. The van der Waals surface area contributed by atoms with Crippen molar-refractivity contribution >= 4 is 22.6 Å². The maximum Gasteiger partial charge on any atom is 0.348 e. The third-order valence-corrected chi connectivity index (χ3v) is 2.87. The van der Waals surface area contributed by atoms with Crippen molar-refractivity contribution in [3.8, 4) is 0 Å². The lowest BCUT2D eigenvalue weighted by Gasteiger charge is -2.02. The van der Waals surface area contributed by atoms with Gasteiger partial charge in [0.1, 0.15) is 0 Å². The number of hydrogen-bond acceptors (Lipinski definition) is 4. The number of carbonyl (C=O) groups is 1. The van der Waals surface area contributed by atoms with Gasteiger partial charge in [0.05, 0.1) is 11.2 Å². The van der Waals surface area contributed by atoms with E-state index in [1.165, 1.54) is 0 Å². The quantitative estimate of drug-likeness (QED) is 0.871.